The molecule has 4 aromatic rings. The highest BCUT2D eigenvalue weighted by Gasteiger charge is 2.40. The first-order valence-electron chi connectivity index (χ1n) is 19.0. The van der Waals surface area contributed by atoms with E-state index in [9.17, 15) is 0 Å². The minimum Gasteiger partial charge on any atom is -0.379 e. The summed E-state index contributed by atoms with van der Waals surface area (Å²) in [5.74, 6) is 0.622. The fourth-order valence-electron chi connectivity index (χ4n) is 6.83. The topological polar surface area (TPSA) is 12.5 Å². The molecule has 5 heterocycles. The molecule has 0 spiro atoms. The van der Waals surface area contributed by atoms with Gasteiger partial charge in [0.1, 0.15) is 9.98 Å². The zero-order valence-corrected chi connectivity index (χ0v) is 36.9. The standard InChI is InChI=1S/C43H57NOS6/c1-9-13-16-25-42(5,6)35-23-22-33(50-35)32-19-18-30(48-32)31-20-21-34(49-31)38-36-37(39(51-38)43(7,8)24-15-11-3)41(47)44(40(36)46)26-27-45-28-29(12-4)17-14-10-2/h11,15,18-23,29H,9-10,12-14,16-17,24-28H2,1-8H3/b15-11-. The monoisotopic (exact) mass is 795 g/mol. The van der Waals surface area contributed by atoms with Gasteiger partial charge in [-0.05, 0) is 73.9 Å². The molecule has 0 amide bonds. The summed E-state index contributed by atoms with van der Waals surface area (Å²) in [6.45, 7) is 20.6. The highest BCUT2D eigenvalue weighted by atomic mass is 32.1. The summed E-state index contributed by atoms with van der Waals surface area (Å²) in [4.78, 5) is 14.6. The molecule has 276 valence electrons. The summed E-state index contributed by atoms with van der Waals surface area (Å²) < 4.78 is 6.24. The molecule has 0 N–H and O–H groups in total. The Morgan fingerprint density at radius 2 is 1.35 bits per heavy atom. The van der Waals surface area contributed by atoms with E-state index in [0.29, 0.717) is 19.1 Å². The molecule has 0 aromatic carbocycles. The number of fused-ring (bicyclic) bond motifs is 1. The molecule has 4 aromatic heterocycles. The largest absolute Gasteiger partial charge is 0.379 e. The Labute approximate surface area is 335 Å². The average Bonchev–Trinajstić information content (AvgIpc) is 3.94. The number of hydrogen-bond acceptors (Lipinski definition) is 7. The van der Waals surface area contributed by atoms with Gasteiger partial charge in [-0.25, -0.2) is 0 Å². The summed E-state index contributed by atoms with van der Waals surface area (Å²) in [5.41, 5.74) is 2.50. The Balaban J connectivity index is 1.38. The van der Waals surface area contributed by atoms with Crippen LogP contribution in [0.1, 0.15) is 134 Å². The maximum absolute atomic E-state index is 6.26. The first-order chi connectivity index (χ1) is 24.4. The van der Waals surface area contributed by atoms with E-state index in [2.05, 4.69) is 109 Å². The number of ether oxygens (including phenoxy) is 1. The molecule has 1 atom stereocenters. The summed E-state index contributed by atoms with van der Waals surface area (Å²) in [6.07, 6.45) is 15.4. The van der Waals surface area contributed by atoms with Crippen LogP contribution < -0.4 is 0 Å². The molecule has 0 fully saturated rings. The molecular weight excluding hydrogens is 739 g/mol. The number of rotatable bonds is 20. The third-order valence-corrected chi connectivity index (χ3v) is 16.9. The van der Waals surface area contributed by atoms with E-state index in [1.165, 1.54) is 89.5 Å². The number of nitrogens with zero attached hydrogens (tertiary/aromatic N) is 1. The number of thiophene rings is 4. The molecule has 1 aliphatic rings. The van der Waals surface area contributed by atoms with Crippen LogP contribution in [0, 0.1) is 5.92 Å². The lowest BCUT2D eigenvalue weighted by Gasteiger charge is -2.25. The van der Waals surface area contributed by atoms with Crippen LogP contribution >= 0.6 is 69.8 Å². The van der Waals surface area contributed by atoms with Crippen molar-refractivity contribution in [1.29, 1.82) is 0 Å². The van der Waals surface area contributed by atoms with Crippen molar-refractivity contribution in [3.05, 3.63) is 69.4 Å². The van der Waals surface area contributed by atoms with Crippen molar-refractivity contribution in [2.75, 3.05) is 19.8 Å². The first-order valence-corrected chi connectivity index (χ1v) is 23.1. The van der Waals surface area contributed by atoms with Gasteiger partial charge in [-0.3, -0.25) is 0 Å². The van der Waals surface area contributed by atoms with Crippen LogP contribution in [0.15, 0.2) is 48.6 Å². The molecular formula is C43H57NOS6. The van der Waals surface area contributed by atoms with E-state index in [4.69, 9.17) is 29.2 Å². The van der Waals surface area contributed by atoms with Gasteiger partial charge in [0.15, 0.2) is 0 Å². The lowest BCUT2D eigenvalue weighted by atomic mass is 9.84. The van der Waals surface area contributed by atoms with E-state index >= 15 is 0 Å². The van der Waals surface area contributed by atoms with Gasteiger partial charge in [-0.15, -0.1) is 45.3 Å². The second kappa shape index (κ2) is 18.2. The highest BCUT2D eigenvalue weighted by molar-refractivity contribution is 7.83. The maximum Gasteiger partial charge on any atom is 0.116 e. The maximum atomic E-state index is 6.26. The predicted molar refractivity (Wildman–Crippen MR) is 238 cm³/mol. The Kier molecular flexibility index (Phi) is 14.5. The second-order valence-corrected chi connectivity index (χ2v) is 20.3. The number of allylic oxidation sites excluding steroid dienone is 2. The molecule has 1 aliphatic heterocycles. The second-order valence-electron chi connectivity index (χ2n) is 15.3. The van der Waals surface area contributed by atoms with Crippen LogP contribution in [-0.2, 0) is 15.6 Å². The Morgan fingerprint density at radius 3 is 2.00 bits per heavy atom. The Morgan fingerprint density at radius 1 is 0.745 bits per heavy atom. The van der Waals surface area contributed by atoms with E-state index < -0.39 is 0 Å². The third kappa shape index (κ3) is 9.41. The van der Waals surface area contributed by atoms with Crippen LogP contribution in [-0.4, -0.2) is 34.6 Å². The molecule has 0 saturated carbocycles. The van der Waals surface area contributed by atoms with Gasteiger partial charge in [-0.1, -0.05) is 124 Å². The molecule has 8 heteroatoms. The lowest BCUT2D eigenvalue weighted by Crippen LogP contribution is -2.33. The quantitative estimate of drug-likeness (QED) is 0.0501. The Hall–Kier alpha value is -1.52. The summed E-state index contributed by atoms with van der Waals surface area (Å²) >= 11 is 20.2. The molecule has 5 rings (SSSR count). The van der Waals surface area contributed by atoms with E-state index in [1.807, 2.05) is 45.3 Å². The van der Waals surface area contributed by atoms with E-state index in [0.717, 1.165) is 35.0 Å². The van der Waals surface area contributed by atoms with Crippen molar-refractivity contribution in [3.8, 4) is 29.3 Å². The SMILES string of the molecule is C/C=C\CC(C)(C)c1sc(-c2ccc(-c3ccc(-c4ccc(C(C)(C)CCCCC)s4)s3)s2)c2c1C(=S)N(CCOCC(CC)CCCC)C2=S. The zero-order chi connectivity index (χ0) is 36.8. The van der Waals surface area contributed by atoms with Crippen molar-refractivity contribution in [2.24, 2.45) is 5.92 Å². The molecule has 1 unspecified atom stereocenters. The van der Waals surface area contributed by atoms with Gasteiger partial charge in [-0.2, -0.15) is 0 Å². The summed E-state index contributed by atoms with van der Waals surface area (Å²) in [5, 5.41) is 0. The van der Waals surface area contributed by atoms with Crippen molar-refractivity contribution in [3.63, 3.8) is 0 Å². The van der Waals surface area contributed by atoms with Crippen molar-refractivity contribution >= 4 is 79.8 Å². The normalized spacial score (nSPS) is 14.4. The smallest absolute Gasteiger partial charge is 0.116 e. The van der Waals surface area contributed by atoms with E-state index in [-0.39, 0.29) is 10.8 Å². The fourth-order valence-corrected chi connectivity index (χ4v) is 12.7. The molecule has 0 bridgehead atoms. The average molecular weight is 796 g/mol. The number of unbranched alkanes of at least 4 members (excludes halogenated alkanes) is 3. The number of thiocarbonyl (C=S) groups is 2. The van der Waals surface area contributed by atoms with Crippen LogP contribution in [0.5, 0.6) is 0 Å². The van der Waals surface area contributed by atoms with Gasteiger partial charge in [0.05, 0.1) is 11.5 Å². The first kappa shape index (κ1) is 40.7. The van der Waals surface area contributed by atoms with Crippen molar-refractivity contribution in [2.45, 2.75) is 124 Å². The van der Waals surface area contributed by atoms with Gasteiger partial charge in [0, 0.05) is 63.8 Å². The third-order valence-electron chi connectivity index (χ3n) is 10.3. The van der Waals surface area contributed by atoms with Gasteiger partial charge in [0.25, 0.3) is 0 Å². The van der Waals surface area contributed by atoms with Gasteiger partial charge < -0.3 is 9.64 Å². The summed E-state index contributed by atoms with van der Waals surface area (Å²) in [6, 6.07) is 13.9. The van der Waals surface area contributed by atoms with Gasteiger partial charge >= 0.3 is 0 Å². The fraction of sp³-hybridized carbons (Fsp3) is 0.535. The van der Waals surface area contributed by atoms with E-state index in [1.54, 1.807) is 0 Å². The minimum absolute atomic E-state index is 0.0633. The van der Waals surface area contributed by atoms with Crippen LogP contribution in [0.25, 0.3) is 29.3 Å². The van der Waals surface area contributed by atoms with Gasteiger partial charge in [0.2, 0.25) is 0 Å². The van der Waals surface area contributed by atoms with Crippen LogP contribution in [0.3, 0.4) is 0 Å². The zero-order valence-electron chi connectivity index (χ0n) is 32.0. The van der Waals surface area contributed by atoms with Crippen molar-refractivity contribution in [1.82, 2.24) is 4.90 Å². The summed E-state index contributed by atoms with van der Waals surface area (Å²) in [7, 11) is 0. The predicted octanol–water partition coefficient (Wildman–Crippen LogP) is 14.9. The molecule has 0 saturated heterocycles. The molecule has 2 nitrogen and oxygen atoms in total. The van der Waals surface area contributed by atoms with Crippen molar-refractivity contribution < 1.29 is 4.74 Å². The lowest BCUT2D eigenvalue weighted by molar-refractivity contribution is 0.0914. The highest BCUT2D eigenvalue weighted by Crippen LogP contribution is 2.51. The van der Waals surface area contributed by atoms with Crippen LogP contribution in [0.4, 0.5) is 0 Å². The Bertz CT molecular complexity index is 1800. The molecule has 0 radical (unpaired) electrons. The number of hydrogen-bond donors (Lipinski definition) is 0. The molecule has 0 aliphatic carbocycles. The molecule has 51 heavy (non-hydrogen) atoms. The van der Waals surface area contributed by atoms with Crippen LogP contribution in [0.2, 0.25) is 0 Å². The minimum atomic E-state index is -0.0633.